The lowest BCUT2D eigenvalue weighted by Crippen LogP contribution is -2.14. The highest BCUT2D eigenvalue weighted by atomic mass is 35.5. The van der Waals surface area contributed by atoms with E-state index in [2.05, 4.69) is 10.1 Å². The van der Waals surface area contributed by atoms with E-state index in [-0.39, 0.29) is 5.92 Å². The quantitative estimate of drug-likeness (QED) is 0.910. The summed E-state index contributed by atoms with van der Waals surface area (Å²) in [6.07, 6.45) is 0.737. The van der Waals surface area contributed by atoms with Gasteiger partial charge in [-0.05, 0) is 31.0 Å². The summed E-state index contributed by atoms with van der Waals surface area (Å²) in [4.78, 5) is 4.34. The van der Waals surface area contributed by atoms with E-state index in [1.807, 2.05) is 13.0 Å². The average Bonchev–Trinajstić information content (AvgIpc) is 2.82. The Morgan fingerprint density at radius 2 is 2.05 bits per heavy atom. The van der Waals surface area contributed by atoms with Crippen molar-refractivity contribution in [3.63, 3.8) is 0 Å². The minimum absolute atomic E-state index is 0.134. The van der Waals surface area contributed by atoms with E-state index in [9.17, 15) is 5.11 Å². The number of benzene rings is 1. The van der Waals surface area contributed by atoms with Crippen LogP contribution >= 0.6 is 23.2 Å². The minimum atomic E-state index is -0.515. The molecule has 0 fully saturated rings. The molecular weight excluding hydrogens is 299 g/mol. The summed E-state index contributed by atoms with van der Waals surface area (Å²) in [5, 5.41) is 14.6. The summed E-state index contributed by atoms with van der Waals surface area (Å²) in [6.45, 7) is 3.69. The molecule has 1 aromatic carbocycles. The molecule has 2 atom stereocenters. The average molecular weight is 315 g/mol. The molecule has 0 bridgehead atoms. The molecule has 0 aliphatic carbocycles. The Morgan fingerprint density at radius 3 is 2.65 bits per heavy atom. The molecule has 2 unspecified atom stereocenters. The van der Waals surface area contributed by atoms with Gasteiger partial charge in [0.2, 0.25) is 5.89 Å². The highest BCUT2D eigenvalue weighted by Crippen LogP contribution is 2.25. The highest BCUT2D eigenvalue weighted by Gasteiger charge is 2.22. The predicted octanol–water partition coefficient (Wildman–Crippen LogP) is 3.84. The normalized spacial score (nSPS) is 14.2. The summed E-state index contributed by atoms with van der Waals surface area (Å²) in [6, 6.07) is 5.40. The zero-order valence-corrected chi connectivity index (χ0v) is 12.8. The van der Waals surface area contributed by atoms with Gasteiger partial charge in [0, 0.05) is 6.42 Å². The standard InChI is InChI=1S/C14H16Cl2N2O2/c1-3-10(8(2)19)14-17-13(18-20-14)7-9-4-5-11(15)12(16)6-9/h4-6,8,10,19H,3,7H2,1-2H3. The third-order valence-corrected chi connectivity index (χ3v) is 3.91. The van der Waals surface area contributed by atoms with Gasteiger partial charge in [-0.3, -0.25) is 0 Å². The number of hydrogen-bond acceptors (Lipinski definition) is 4. The minimum Gasteiger partial charge on any atom is -0.393 e. The van der Waals surface area contributed by atoms with Crippen LogP contribution in [0.2, 0.25) is 10.0 Å². The molecule has 6 heteroatoms. The van der Waals surface area contributed by atoms with E-state index in [0.29, 0.717) is 28.2 Å². The molecule has 0 aliphatic heterocycles. The van der Waals surface area contributed by atoms with Gasteiger partial charge in [-0.2, -0.15) is 4.98 Å². The fourth-order valence-corrected chi connectivity index (χ4v) is 2.36. The van der Waals surface area contributed by atoms with Gasteiger partial charge >= 0.3 is 0 Å². The van der Waals surface area contributed by atoms with Crippen LogP contribution < -0.4 is 0 Å². The van der Waals surface area contributed by atoms with E-state index in [4.69, 9.17) is 27.7 Å². The van der Waals surface area contributed by atoms with E-state index in [1.54, 1.807) is 19.1 Å². The number of aliphatic hydroxyl groups excluding tert-OH is 1. The third kappa shape index (κ3) is 3.51. The monoisotopic (exact) mass is 314 g/mol. The fourth-order valence-electron chi connectivity index (χ4n) is 2.04. The molecule has 2 rings (SSSR count). The van der Waals surface area contributed by atoms with Crippen molar-refractivity contribution in [2.75, 3.05) is 0 Å². The van der Waals surface area contributed by atoms with Gasteiger partial charge in [-0.1, -0.05) is 41.3 Å². The number of aliphatic hydroxyl groups is 1. The van der Waals surface area contributed by atoms with Crippen molar-refractivity contribution in [1.29, 1.82) is 0 Å². The zero-order valence-electron chi connectivity index (χ0n) is 11.3. The molecule has 4 nitrogen and oxygen atoms in total. The molecule has 20 heavy (non-hydrogen) atoms. The van der Waals surface area contributed by atoms with Crippen LogP contribution in [0.1, 0.15) is 43.5 Å². The van der Waals surface area contributed by atoms with Crippen molar-refractivity contribution in [1.82, 2.24) is 10.1 Å². The highest BCUT2D eigenvalue weighted by molar-refractivity contribution is 6.42. The van der Waals surface area contributed by atoms with E-state index < -0.39 is 6.10 Å². The second-order valence-corrected chi connectivity index (χ2v) is 5.54. The largest absolute Gasteiger partial charge is 0.393 e. The summed E-state index contributed by atoms with van der Waals surface area (Å²) < 4.78 is 5.22. The van der Waals surface area contributed by atoms with Crippen LogP contribution in [0, 0.1) is 0 Å². The number of halogens is 2. The molecule has 0 radical (unpaired) electrons. The first kappa shape index (κ1) is 15.3. The number of nitrogens with zero attached hydrogens (tertiary/aromatic N) is 2. The lowest BCUT2D eigenvalue weighted by Gasteiger charge is -2.12. The van der Waals surface area contributed by atoms with Crippen LogP contribution in [0.15, 0.2) is 22.7 Å². The molecule has 108 valence electrons. The summed E-state index contributed by atoms with van der Waals surface area (Å²) >= 11 is 11.8. The lowest BCUT2D eigenvalue weighted by molar-refractivity contribution is 0.141. The van der Waals surface area contributed by atoms with Crippen molar-refractivity contribution in [2.45, 2.75) is 38.7 Å². The maximum absolute atomic E-state index is 9.67. The number of aromatic nitrogens is 2. The topological polar surface area (TPSA) is 59.2 Å². The van der Waals surface area contributed by atoms with Gasteiger partial charge in [0.05, 0.1) is 22.1 Å². The number of rotatable bonds is 5. The first-order valence-electron chi connectivity index (χ1n) is 6.45. The maximum Gasteiger partial charge on any atom is 0.232 e. The Morgan fingerprint density at radius 1 is 1.30 bits per heavy atom. The zero-order chi connectivity index (χ0) is 14.7. The van der Waals surface area contributed by atoms with Gasteiger partial charge in [-0.15, -0.1) is 0 Å². The molecule has 1 heterocycles. The molecule has 1 aromatic heterocycles. The Hall–Kier alpha value is -1.10. The van der Waals surface area contributed by atoms with Gasteiger partial charge in [0.1, 0.15) is 0 Å². The fraction of sp³-hybridized carbons (Fsp3) is 0.429. The SMILES string of the molecule is CCC(c1nc(Cc2ccc(Cl)c(Cl)c2)no1)C(C)O. The van der Waals surface area contributed by atoms with Crippen molar-refractivity contribution in [3.05, 3.63) is 45.5 Å². The molecular formula is C14H16Cl2N2O2. The van der Waals surface area contributed by atoms with Crippen LogP contribution in [0.25, 0.3) is 0 Å². The predicted molar refractivity (Wildman–Crippen MR) is 78.3 cm³/mol. The maximum atomic E-state index is 9.67. The van der Waals surface area contributed by atoms with Crippen molar-refractivity contribution in [3.8, 4) is 0 Å². The summed E-state index contributed by atoms with van der Waals surface area (Å²) in [5.41, 5.74) is 0.955. The van der Waals surface area contributed by atoms with Crippen LogP contribution in [0.4, 0.5) is 0 Å². The summed E-state index contributed by atoms with van der Waals surface area (Å²) in [7, 11) is 0. The first-order chi connectivity index (χ1) is 9.51. The van der Waals surface area contributed by atoms with Gasteiger partial charge < -0.3 is 9.63 Å². The molecule has 2 aromatic rings. The Labute approximate surface area is 127 Å². The van der Waals surface area contributed by atoms with Crippen LogP contribution in [-0.4, -0.2) is 21.4 Å². The third-order valence-electron chi connectivity index (χ3n) is 3.17. The molecule has 1 N–H and O–H groups in total. The van der Waals surface area contributed by atoms with Crippen molar-refractivity contribution >= 4 is 23.2 Å². The van der Waals surface area contributed by atoms with E-state index in [0.717, 1.165) is 12.0 Å². The number of hydrogen-bond donors (Lipinski definition) is 1. The second kappa shape index (κ2) is 6.57. The Kier molecular flexibility index (Phi) is 5.02. The Bertz CT molecular complexity index is 584. The molecule has 0 spiro atoms. The van der Waals surface area contributed by atoms with Gasteiger partial charge in [-0.25, -0.2) is 0 Å². The van der Waals surface area contributed by atoms with Crippen LogP contribution in [-0.2, 0) is 6.42 Å². The van der Waals surface area contributed by atoms with E-state index >= 15 is 0 Å². The van der Waals surface area contributed by atoms with Gasteiger partial charge in [0.15, 0.2) is 5.82 Å². The molecule has 0 amide bonds. The van der Waals surface area contributed by atoms with E-state index in [1.165, 1.54) is 0 Å². The van der Waals surface area contributed by atoms with Crippen molar-refractivity contribution < 1.29 is 9.63 Å². The molecule has 0 aliphatic rings. The smallest absolute Gasteiger partial charge is 0.232 e. The van der Waals surface area contributed by atoms with Crippen LogP contribution in [0.5, 0.6) is 0 Å². The first-order valence-corrected chi connectivity index (χ1v) is 7.21. The van der Waals surface area contributed by atoms with Crippen LogP contribution in [0.3, 0.4) is 0 Å². The second-order valence-electron chi connectivity index (χ2n) is 4.73. The molecule has 0 saturated carbocycles. The molecule has 0 saturated heterocycles. The summed E-state index contributed by atoms with van der Waals surface area (Å²) in [5.74, 6) is 0.903. The lowest BCUT2D eigenvalue weighted by atomic mass is 10.0. The Balaban J connectivity index is 2.14. The van der Waals surface area contributed by atoms with Gasteiger partial charge in [0.25, 0.3) is 0 Å². The van der Waals surface area contributed by atoms with Crippen molar-refractivity contribution in [2.24, 2.45) is 0 Å².